The van der Waals surface area contributed by atoms with Gasteiger partial charge >= 0.3 is 5.97 Å². The van der Waals surface area contributed by atoms with E-state index in [1.165, 1.54) is 7.11 Å². The molecule has 0 N–H and O–H groups in total. The standard InChI is InChI=1S/C10H19N3O2/c1-15-10(14)8-6-4-2-3-5-7-9-12-13-11/h2-9H2,1H3. The van der Waals surface area contributed by atoms with Crippen LogP contribution in [0.4, 0.5) is 0 Å². The smallest absolute Gasteiger partial charge is 0.305 e. The Morgan fingerprint density at radius 2 is 1.80 bits per heavy atom. The quantitative estimate of drug-likeness (QED) is 0.194. The van der Waals surface area contributed by atoms with Gasteiger partial charge in [0.2, 0.25) is 0 Å². The predicted molar refractivity (Wildman–Crippen MR) is 58.3 cm³/mol. The average Bonchev–Trinajstić information content (AvgIpc) is 2.26. The number of hydrogen-bond donors (Lipinski definition) is 0. The van der Waals surface area contributed by atoms with Gasteiger partial charge in [0, 0.05) is 17.9 Å². The van der Waals surface area contributed by atoms with Crippen LogP contribution in [0.2, 0.25) is 0 Å². The fourth-order valence-corrected chi connectivity index (χ4v) is 1.31. The van der Waals surface area contributed by atoms with Gasteiger partial charge in [-0.2, -0.15) is 0 Å². The number of nitrogens with zero attached hydrogens (tertiary/aromatic N) is 3. The summed E-state index contributed by atoms with van der Waals surface area (Å²) in [6.45, 7) is 0.596. The lowest BCUT2D eigenvalue weighted by molar-refractivity contribution is -0.140. The second kappa shape index (κ2) is 10.9. The van der Waals surface area contributed by atoms with E-state index >= 15 is 0 Å². The Morgan fingerprint density at radius 3 is 2.40 bits per heavy atom. The topological polar surface area (TPSA) is 75.1 Å². The molecular weight excluding hydrogens is 194 g/mol. The number of hydrogen-bond acceptors (Lipinski definition) is 3. The van der Waals surface area contributed by atoms with Crippen LogP contribution in [0, 0.1) is 0 Å². The molecule has 86 valence electrons. The zero-order valence-electron chi connectivity index (χ0n) is 9.31. The van der Waals surface area contributed by atoms with Crippen molar-refractivity contribution in [3.8, 4) is 0 Å². The number of unbranched alkanes of at least 4 members (excludes halogenated alkanes) is 5. The second-order valence-electron chi connectivity index (χ2n) is 3.40. The summed E-state index contributed by atoms with van der Waals surface area (Å²) in [6.07, 6.45) is 6.82. The van der Waals surface area contributed by atoms with Crippen molar-refractivity contribution >= 4 is 5.97 Å². The lowest BCUT2D eigenvalue weighted by Crippen LogP contribution is -1.99. The van der Waals surface area contributed by atoms with Crippen LogP contribution in [-0.4, -0.2) is 19.6 Å². The first-order valence-electron chi connectivity index (χ1n) is 5.39. The van der Waals surface area contributed by atoms with E-state index < -0.39 is 0 Å². The molecule has 0 aromatic rings. The zero-order valence-corrected chi connectivity index (χ0v) is 9.31. The number of methoxy groups -OCH3 is 1. The summed E-state index contributed by atoms with van der Waals surface area (Å²) in [5.41, 5.74) is 8.03. The van der Waals surface area contributed by atoms with E-state index in [0.29, 0.717) is 13.0 Å². The van der Waals surface area contributed by atoms with Crippen molar-refractivity contribution < 1.29 is 9.53 Å². The average molecular weight is 213 g/mol. The minimum Gasteiger partial charge on any atom is -0.469 e. The highest BCUT2D eigenvalue weighted by Gasteiger charge is 1.98. The van der Waals surface area contributed by atoms with Crippen molar-refractivity contribution in [2.24, 2.45) is 5.11 Å². The summed E-state index contributed by atoms with van der Waals surface area (Å²) >= 11 is 0. The highest BCUT2D eigenvalue weighted by Crippen LogP contribution is 2.07. The largest absolute Gasteiger partial charge is 0.469 e. The van der Waals surface area contributed by atoms with Crippen LogP contribution in [-0.2, 0) is 9.53 Å². The maximum atomic E-state index is 10.8. The molecule has 0 aliphatic heterocycles. The molecule has 0 saturated heterocycles. The molecule has 5 nitrogen and oxygen atoms in total. The van der Waals surface area contributed by atoms with Gasteiger partial charge in [0.15, 0.2) is 0 Å². The Hall–Kier alpha value is -1.22. The van der Waals surface area contributed by atoms with E-state index in [1.807, 2.05) is 0 Å². The minimum atomic E-state index is -0.127. The van der Waals surface area contributed by atoms with Gasteiger partial charge in [-0.1, -0.05) is 30.8 Å². The number of esters is 1. The van der Waals surface area contributed by atoms with E-state index in [9.17, 15) is 4.79 Å². The fourth-order valence-electron chi connectivity index (χ4n) is 1.31. The summed E-state index contributed by atoms with van der Waals surface area (Å²) in [5, 5.41) is 3.46. The summed E-state index contributed by atoms with van der Waals surface area (Å²) in [6, 6.07) is 0. The van der Waals surface area contributed by atoms with E-state index in [0.717, 1.165) is 38.5 Å². The molecule has 0 bridgehead atoms. The Bertz CT molecular complexity index is 213. The van der Waals surface area contributed by atoms with Crippen LogP contribution >= 0.6 is 0 Å². The normalized spacial score (nSPS) is 9.40. The molecule has 0 amide bonds. The van der Waals surface area contributed by atoms with Crippen LogP contribution in [0.25, 0.3) is 10.4 Å². The molecule has 0 spiro atoms. The third-order valence-corrected chi connectivity index (χ3v) is 2.18. The number of ether oxygens (including phenoxy) is 1. The van der Waals surface area contributed by atoms with Crippen LogP contribution in [0.15, 0.2) is 5.11 Å². The Kier molecular flexibility index (Phi) is 9.98. The van der Waals surface area contributed by atoms with Crippen molar-refractivity contribution in [1.82, 2.24) is 0 Å². The van der Waals surface area contributed by atoms with Crippen LogP contribution in [0.3, 0.4) is 0 Å². The Labute approximate surface area is 90.4 Å². The van der Waals surface area contributed by atoms with Crippen LogP contribution in [0.5, 0.6) is 0 Å². The molecular formula is C10H19N3O2. The molecule has 0 aliphatic rings. The lowest BCUT2D eigenvalue weighted by Gasteiger charge is -2.00. The minimum absolute atomic E-state index is 0.127. The SMILES string of the molecule is COC(=O)CCCCCCCCN=[N+]=[N-]. The molecule has 15 heavy (non-hydrogen) atoms. The Balaban J connectivity index is 3.05. The highest BCUT2D eigenvalue weighted by atomic mass is 16.5. The second-order valence-corrected chi connectivity index (χ2v) is 3.40. The van der Waals surface area contributed by atoms with Crippen LogP contribution < -0.4 is 0 Å². The first-order valence-corrected chi connectivity index (χ1v) is 5.39. The Morgan fingerprint density at radius 1 is 1.20 bits per heavy atom. The number of carbonyl (C=O) groups is 1. The van der Waals surface area contributed by atoms with Crippen molar-refractivity contribution in [1.29, 1.82) is 0 Å². The van der Waals surface area contributed by atoms with Gasteiger partial charge < -0.3 is 4.74 Å². The maximum absolute atomic E-state index is 10.8. The number of rotatable bonds is 9. The van der Waals surface area contributed by atoms with Crippen molar-refractivity contribution in [2.75, 3.05) is 13.7 Å². The summed E-state index contributed by atoms with van der Waals surface area (Å²) < 4.78 is 4.54. The fraction of sp³-hybridized carbons (Fsp3) is 0.900. The molecule has 0 rings (SSSR count). The number of azide groups is 1. The molecule has 0 aromatic heterocycles. The van der Waals surface area contributed by atoms with Gasteiger partial charge in [0.25, 0.3) is 0 Å². The molecule has 0 saturated carbocycles. The molecule has 0 atom stereocenters. The van der Waals surface area contributed by atoms with E-state index in [4.69, 9.17) is 5.53 Å². The molecule has 0 aliphatic carbocycles. The third-order valence-electron chi connectivity index (χ3n) is 2.18. The predicted octanol–water partition coefficient (Wildman–Crippen LogP) is 3.20. The summed E-state index contributed by atoms with van der Waals surface area (Å²) in [4.78, 5) is 13.4. The molecule has 0 fully saturated rings. The maximum Gasteiger partial charge on any atom is 0.305 e. The monoisotopic (exact) mass is 213 g/mol. The van der Waals surface area contributed by atoms with Gasteiger partial charge in [0.05, 0.1) is 7.11 Å². The van der Waals surface area contributed by atoms with Crippen molar-refractivity contribution in [3.05, 3.63) is 10.4 Å². The first-order chi connectivity index (χ1) is 7.31. The summed E-state index contributed by atoms with van der Waals surface area (Å²) in [5.74, 6) is -0.127. The van der Waals surface area contributed by atoms with Crippen molar-refractivity contribution in [3.63, 3.8) is 0 Å². The zero-order chi connectivity index (χ0) is 11.4. The van der Waals surface area contributed by atoms with Gasteiger partial charge in [-0.15, -0.1) is 0 Å². The van der Waals surface area contributed by atoms with Gasteiger partial charge in [0.1, 0.15) is 0 Å². The lowest BCUT2D eigenvalue weighted by atomic mass is 10.1. The summed E-state index contributed by atoms with van der Waals surface area (Å²) in [7, 11) is 1.41. The van der Waals surface area contributed by atoms with E-state index in [1.54, 1.807) is 0 Å². The number of carbonyl (C=O) groups excluding carboxylic acids is 1. The van der Waals surface area contributed by atoms with Crippen LogP contribution in [0.1, 0.15) is 44.9 Å². The molecule has 0 aromatic carbocycles. The van der Waals surface area contributed by atoms with E-state index in [2.05, 4.69) is 14.8 Å². The molecule has 0 unspecified atom stereocenters. The molecule has 0 radical (unpaired) electrons. The van der Waals surface area contributed by atoms with Gasteiger partial charge in [-0.05, 0) is 18.4 Å². The first kappa shape index (κ1) is 13.8. The third kappa shape index (κ3) is 10.7. The van der Waals surface area contributed by atoms with Crippen molar-refractivity contribution in [2.45, 2.75) is 44.9 Å². The molecule has 0 heterocycles. The molecule has 5 heteroatoms. The highest BCUT2D eigenvalue weighted by molar-refractivity contribution is 5.68. The van der Waals surface area contributed by atoms with Gasteiger partial charge in [-0.3, -0.25) is 4.79 Å². The van der Waals surface area contributed by atoms with Gasteiger partial charge in [-0.25, -0.2) is 0 Å². The van der Waals surface area contributed by atoms with E-state index in [-0.39, 0.29) is 5.97 Å².